The number of aliphatic hydroxyl groups is 2. The normalized spacial score (nSPS) is 12.7. The first-order valence-electron chi connectivity index (χ1n) is 38.1. The molecule has 3 N–H and O–H groups in total. The van der Waals surface area contributed by atoms with Crippen LogP contribution in [-0.2, 0) is 4.79 Å². The third-order valence-corrected chi connectivity index (χ3v) is 18.2. The van der Waals surface area contributed by atoms with E-state index in [2.05, 4.69) is 31.3 Å². The molecule has 0 aromatic heterocycles. The smallest absolute Gasteiger partial charge is 0.220 e. The van der Waals surface area contributed by atoms with Crippen LogP contribution in [0.15, 0.2) is 24.3 Å². The molecular weight excluding hydrogens is 987 g/mol. The van der Waals surface area contributed by atoms with Crippen LogP contribution in [0.5, 0.6) is 0 Å². The van der Waals surface area contributed by atoms with Crippen LogP contribution in [0.2, 0.25) is 0 Å². The van der Waals surface area contributed by atoms with Crippen LogP contribution >= 0.6 is 0 Å². The van der Waals surface area contributed by atoms with Gasteiger partial charge in [-0.25, -0.2) is 0 Å². The third-order valence-electron chi connectivity index (χ3n) is 18.2. The van der Waals surface area contributed by atoms with Crippen molar-refractivity contribution in [2.75, 3.05) is 6.61 Å². The average molecular weight is 1140 g/mol. The van der Waals surface area contributed by atoms with Gasteiger partial charge in [-0.2, -0.15) is 0 Å². The highest BCUT2D eigenvalue weighted by Crippen LogP contribution is 2.20. The molecule has 482 valence electrons. The van der Waals surface area contributed by atoms with E-state index in [4.69, 9.17) is 0 Å². The second kappa shape index (κ2) is 73.1. The molecule has 0 aromatic carbocycles. The molecule has 2 atom stereocenters. The van der Waals surface area contributed by atoms with Crippen molar-refractivity contribution in [3.63, 3.8) is 0 Å². The molecule has 0 aliphatic rings. The minimum absolute atomic E-state index is 0.0632. The number of allylic oxidation sites excluding steroid dienone is 3. The highest BCUT2D eigenvalue weighted by atomic mass is 16.3. The Labute approximate surface area is 510 Å². The summed E-state index contributed by atoms with van der Waals surface area (Å²) in [6.45, 7) is 4.36. The fourth-order valence-corrected chi connectivity index (χ4v) is 12.4. The maximum absolute atomic E-state index is 12.6. The lowest BCUT2D eigenvalue weighted by Gasteiger charge is -2.19. The number of nitrogens with one attached hydrogen (secondary N) is 1. The van der Waals surface area contributed by atoms with Crippen molar-refractivity contribution in [1.82, 2.24) is 5.32 Å². The summed E-state index contributed by atoms with van der Waals surface area (Å²) in [6.07, 6.45) is 100. The van der Waals surface area contributed by atoms with E-state index in [9.17, 15) is 15.0 Å². The van der Waals surface area contributed by atoms with Crippen molar-refractivity contribution < 1.29 is 15.0 Å². The predicted molar refractivity (Wildman–Crippen MR) is 364 cm³/mol. The van der Waals surface area contributed by atoms with Gasteiger partial charge in [0.1, 0.15) is 0 Å². The maximum Gasteiger partial charge on any atom is 0.220 e. The van der Waals surface area contributed by atoms with E-state index in [1.54, 1.807) is 6.08 Å². The molecule has 0 saturated carbocycles. The summed E-state index contributed by atoms with van der Waals surface area (Å²) in [5, 5.41) is 23.3. The molecule has 0 aliphatic carbocycles. The molecule has 0 bridgehead atoms. The van der Waals surface area contributed by atoms with Crippen molar-refractivity contribution in [2.24, 2.45) is 0 Å². The van der Waals surface area contributed by atoms with Crippen LogP contribution in [0, 0.1) is 0 Å². The summed E-state index contributed by atoms with van der Waals surface area (Å²) in [7, 11) is 0. The molecule has 0 aliphatic heterocycles. The largest absolute Gasteiger partial charge is 0.394 e. The van der Waals surface area contributed by atoms with Gasteiger partial charge in [-0.1, -0.05) is 430 Å². The zero-order chi connectivity index (χ0) is 58.4. The number of rotatable bonds is 72. The molecule has 2 unspecified atom stereocenters. The van der Waals surface area contributed by atoms with Crippen molar-refractivity contribution in [2.45, 2.75) is 456 Å². The number of hydrogen-bond donors (Lipinski definition) is 3. The summed E-state index contributed by atoms with van der Waals surface area (Å²) >= 11 is 0. The SMILES string of the molecule is CCCCCCCCCCCCCCCCCCCCCCCCCCC/C=C/CC/C=C/C(O)C(CO)NC(=O)CCCCCCCCCCCCCCCCCCCCCCCCCCCCCCCCCCCCCCCC. The van der Waals surface area contributed by atoms with E-state index in [0.717, 1.165) is 32.1 Å². The summed E-state index contributed by atoms with van der Waals surface area (Å²) < 4.78 is 0. The lowest BCUT2D eigenvalue weighted by Crippen LogP contribution is -2.45. The lowest BCUT2D eigenvalue weighted by atomic mass is 10.0. The van der Waals surface area contributed by atoms with Gasteiger partial charge in [-0.3, -0.25) is 4.79 Å². The second-order valence-corrected chi connectivity index (χ2v) is 26.4. The molecule has 0 saturated heterocycles. The molecule has 1 amide bonds. The third kappa shape index (κ3) is 69.5. The van der Waals surface area contributed by atoms with E-state index >= 15 is 0 Å². The molecule has 0 radical (unpaired) electrons. The Morgan fingerprint density at radius 3 is 0.716 bits per heavy atom. The van der Waals surface area contributed by atoms with Gasteiger partial charge < -0.3 is 15.5 Å². The predicted octanol–water partition coefficient (Wildman–Crippen LogP) is 26.1. The number of unbranched alkanes of at least 4 members (excludes halogenated alkanes) is 63. The Kier molecular flexibility index (Phi) is 72.1. The lowest BCUT2D eigenvalue weighted by molar-refractivity contribution is -0.123. The van der Waals surface area contributed by atoms with Crippen LogP contribution in [0.4, 0.5) is 0 Å². The summed E-state index contributed by atoms with van der Waals surface area (Å²) in [5.41, 5.74) is 0. The first-order chi connectivity index (χ1) is 40.2. The summed E-state index contributed by atoms with van der Waals surface area (Å²) in [6, 6.07) is -0.638. The number of amides is 1. The second-order valence-electron chi connectivity index (χ2n) is 26.4. The van der Waals surface area contributed by atoms with Gasteiger partial charge in [0.05, 0.1) is 18.8 Å². The van der Waals surface area contributed by atoms with Gasteiger partial charge in [-0.15, -0.1) is 0 Å². The average Bonchev–Trinajstić information content (AvgIpc) is 3.47. The van der Waals surface area contributed by atoms with Gasteiger partial charge in [-0.05, 0) is 32.1 Å². The minimum Gasteiger partial charge on any atom is -0.394 e. The number of hydrogen-bond acceptors (Lipinski definition) is 3. The quantitative estimate of drug-likeness (QED) is 0.0420. The van der Waals surface area contributed by atoms with E-state index in [-0.39, 0.29) is 12.5 Å². The number of carbonyl (C=O) groups is 1. The van der Waals surface area contributed by atoms with Gasteiger partial charge in [0.15, 0.2) is 0 Å². The van der Waals surface area contributed by atoms with Crippen molar-refractivity contribution in [1.29, 1.82) is 0 Å². The van der Waals surface area contributed by atoms with Gasteiger partial charge in [0, 0.05) is 6.42 Å². The van der Waals surface area contributed by atoms with E-state index in [1.165, 1.54) is 392 Å². The molecule has 0 aromatic rings. The monoisotopic (exact) mass is 1140 g/mol. The van der Waals surface area contributed by atoms with Crippen LogP contribution in [0.1, 0.15) is 444 Å². The Hall–Kier alpha value is -1.13. The molecule has 0 heterocycles. The van der Waals surface area contributed by atoms with Crippen molar-refractivity contribution in [3.05, 3.63) is 24.3 Å². The Bertz CT molecular complexity index is 1200. The topological polar surface area (TPSA) is 69.6 Å². The first kappa shape index (κ1) is 79.9. The Balaban J connectivity index is 3.40. The standard InChI is InChI=1S/C77H151NO3/c1-3-5-7-9-11-13-15-17-19-21-23-25-27-29-31-33-35-36-37-38-39-40-41-43-45-47-49-51-53-55-57-59-61-63-65-67-69-71-73-77(81)78-75(74-79)76(80)72-70-68-66-64-62-60-58-56-54-52-50-48-46-44-42-34-32-30-28-26-24-22-20-18-16-14-12-10-8-6-4-2/h62,64,70,72,75-76,79-80H,3-61,63,65-69,71,73-74H2,1-2H3,(H,78,81)/b64-62+,72-70+. The van der Waals surface area contributed by atoms with Gasteiger partial charge in [0.2, 0.25) is 5.91 Å². The number of carbonyl (C=O) groups excluding carboxylic acids is 1. The molecule has 0 fully saturated rings. The fourth-order valence-electron chi connectivity index (χ4n) is 12.4. The summed E-state index contributed by atoms with van der Waals surface area (Å²) in [5.74, 6) is -0.0632. The molecule has 4 nitrogen and oxygen atoms in total. The van der Waals surface area contributed by atoms with E-state index < -0.39 is 12.1 Å². The highest BCUT2D eigenvalue weighted by molar-refractivity contribution is 5.76. The van der Waals surface area contributed by atoms with Crippen LogP contribution < -0.4 is 5.32 Å². The van der Waals surface area contributed by atoms with Crippen LogP contribution in [-0.4, -0.2) is 34.9 Å². The summed E-state index contributed by atoms with van der Waals surface area (Å²) in [4.78, 5) is 12.6. The molecular formula is C77H151NO3. The Morgan fingerprint density at radius 1 is 0.284 bits per heavy atom. The van der Waals surface area contributed by atoms with E-state index in [1.807, 2.05) is 6.08 Å². The van der Waals surface area contributed by atoms with Gasteiger partial charge >= 0.3 is 0 Å². The maximum atomic E-state index is 12.6. The molecule has 81 heavy (non-hydrogen) atoms. The van der Waals surface area contributed by atoms with Crippen molar-refractivity contribution >= 4 is 5.91 Å². The molecule has 0 spiro atoms. The van der Waals surface area contributed by atoms with Crippen LogP contribution in [0.25, 0.3) is 0 Å². The molecule has 0 rings (SSSR count). The fraction of sp³-hybridized carbons (Fsp3) is 0.935. The zero-order valence-electron chi connectivity index (χ0n) is 55.9. The Morgan fingerprint density at radius 2 is 0.481 bits per heavy atom. The van der Waals surface area contributed by atoms with Gasteiger partial charge in [0.25, 0.3) is 0 Å². The van der Waals surface area contributed by atoms with Crippen molar-refractivity contribution in [3.8, 4) is 0 Å². The number of aliphatic hydroxyl groups excluding tert-OH is 2. The molecule has 4 heteroatoms. The van der Waals surface area contributed by atoms with E-state index in [0.29, 0.717) is 6.42 Å². The first-order valence-corrected chi connectivity index (χ1v) is 38.1. The van der Waals surface area contributed by atoms with Crippen LogP contribution in [0.3, 0.4) is 0 Å². The zero-order valence-corrected chi connectivity index (χ0v) is 55.9. The minimum atomic E-state index is -0.862. The highest BCUT2D eigenvalue weighted by Gasteiger charge is 2.18.